The van der Waals surface area contributed by atoms with Gasteiger partial charge in [0.2, 0.25) is 5.91 Å². The van der Waals surface area contributed by atoms with E-state index in [1.54, 1.807) is 13.0 Å². The van der Waals surface area contributed by atoms with Crippen LogP contribution in [0.15, 0.2) is 47.4 Å². The van der Waals surface area contributed by atoms with E-state index in [-0.39, 0.29) is 22.8 Å². The van der Waals surface area contributed by atoms with Crippen molar-refractivity contribution < 1.29 is 22.7 Å². The first-order valence-electron chi connectivity index (χ1n) is 6.86. The predicted octanol–water partition coefficient (Wildman–Crippen LogP) is 2.64. The zero-order valence-corrected chi connectivity index (χ0v) is 13.2. The van der Waals surface area contributed by atoms with Crippen LogP contribution in [0.1, 0.15) is 12.0 Å². The summed E-state index contributed by atoms with van der Waals surface area (Å²) in [6, 6.07) is 9.17. The quantitative estimate of drug-likeness (QED) is 0.649. The largest absolute Gasteiger partial charge is 0.506 e. The standard InChI is InChI=1S/C16H16FNO4S/c1-11-2-7-14(15(19)10-11)18-16(20)8-9-23(21,22)13-5-3-12(17)4-6-13/h2-7,10,19H,8-9H2,1H3,(H,18,20). The number of phenols is 1. The van der Waals surface area contributed by atoms with Gasteiger partial charge < -0.3 is 10.4 Å². The van der Waals surface area contributed by atoms with Crippen LogP contribution in [0.3, 0.4) is 0 Å². The summed E-state index contributed by atoms with van der Waals surface area (Å²) in [7, 11) is -3.67. The number of aryl methyl sites for hydroxylation is 1. The van der Waals surface area contributed by atoms with E-state index in [1.165, 1.54) is 12.1 Å². The zero-order valence-electron chi connectivity index (χ0n) is 12.4. The SMILES string of the molecule is Cc1ccc(NC(=O)CCS(=O)(=O)c2ccc(F)cc2)c(O)c1. The number of hydrogen-bond acceptors (Lipinski definition) is 4. The fraction of sp³-hybridized carbons (Fsp3) is 0.188. The van der Waals surface area contributed by atoms with Crippen molar-refractivity contribution >= 4 is 21.4 Å². The van der Waals surface area contributed by atoms with Gasteiger partial charge in [-0.05, 0) is 48.9 Å². The van der Waals surface area contributed by atoms with Crippen LogP contribution in [0.4, 0.5) is 10.1 Å². The van der Waals surface area contributed by atoms with Crippen LogP contribution >= 0.6 is 0 Å². The van der Waals surface area contributed by atoms with Crippen LogP contribution < -0.4 is 5.32 Å². The van der Waals surface area contributed by atoms with Crippen LogP contribution in [-0.2, 0) is 14.6 Å². The summed E-state index contributed by atoms with van der Waals surface area (Å²) in [6.45, 7) is 1.79. The van der Waals surface area contributed by atoms with Gasteiger partial charge in [-0.2, -0.15) is 0 Å². The lowest BCUT2D eigenvalue weighted by Gasteiger charge is -2.08. The number of benzene rings is 2. The van der Waals surface area contributed by atoms with Crippen molar-refractivity contribution in [1.29, 1.82) is 0 Å². The minimum atomic E-state index is -3.67. The van der Waals surface area contributed by atoms with E-state index in [9.17, 15) is 22.7 Å². The van der Waals surface area contributed by atoms with Crippen molar-refractivity contribution in [2.45, 2.75) is 18.2 Å². The Labute approximate surface area is 133 Å². The minimum Gasteiger partial charge on any atom is -0.506 e. The number of anilines is 1. The summed E-state index contributed by atoms with van der Waals surface area (Å²) < 4.78 is 36.9. The first kappa shape index (κ1) is 17.0. The molecular formula is C16H16FNO4S. The predicted molar refractivity (Wildman–Crippen MR) is 84.5 cm³/mol. The van der Waals surface area contributed by atoms with Gasteiger partial charge in [-0.3, -0.25) is 4.79 Å². The smallest absolute Gasteiger partial charge is 0.225 e. The Kier molecular flexibility index (Phi) is 5.00. The molecule has 0 bridgehead atoms. The topological polar surface area (TPSA) is 83.5 Å². The molecule has 0 aliphatic rings. The molecule has 2 aromatic rings. The molecule has 0 saturated carbocycles. The van der Waals surface area contributed by atoms with E-state index in [2.05, 4.69) is 5.32 Å². The third-order valence-electron chi connectivity index (χ3n) is 3.20. The summed E-state index contributed by atoms with van der Waals surface area (Å²) in [5, 5.41) is 12.2. The Balaban J connectivity index is 1.99. The first-order valence-corrected chi connectivity index (χ1v) is 8.51. The van der Waals surface area contributed by atoms with Gasteiger partial charge in [-0.1, -0.05) is 6.07 Å². The lowest BCUT2D eigenvalue weighted by molar-refractivity contribution is -0.115. The monoisotopic (exact) mass is 337 g/mol. The Morgan fingerprint density at radius 2 is 1.83 bits per heavy atom. The molecule has 0 unspecified atom stereocenters. The highest BCUT2D eigenvalue weighted by Gasteiger charge is 2.17. The molecule has 5 nitrogen and oxygen atoms in total. The van der Waals surface area contributed by atoms with Crippen molar-refractivity contribution in [1.82, 2.24) is 0 Å². The van der Waals surface area contributed by atoms with E-state index in [0.717, 1.165) is 29.8 Å². The molecule has 0 heterocycles. The molecule has 23 heavy (non-hydrogen) atoms. The van der Waals surface area contributed by atoms with Gasteiger partial charge >= 0.3 is 0 Å². The zero-order chi connectivity index (χ0) is 17.0. The third kappa shape index (κ3) is 4.53. The average molecular weight is 337 g/mol. The number of aromatic hydroxyl groups is 1. The molecule has 0 spiro atoms. The number of rotatable bonds is 5. The highest BCUT2D eigenvalue weighted by molar-refractivity contribution is 7.91. The van der Waals surface area contributed by atoms with Gasteiger partial charge in [0, 0.05) is 6.42 Å². The summed E-state index contributed by atoms with van der Waals surface area (Å²) in [4.78, 5) is 11.8. The van der Waals surface area contributed by atoms with Crippen LogP contribution in [-0.4, -0.2) is 25.2 Å². The molecule has 2 N–H and O–H groups in total. The second kappa shape index (κ2) is 6.78. The van der Waals surface area contributed by atoms with Crippen LogP contribution in [0.2, 0.25) is 0 Å². The van der Waals surface area contributed by atoms with Crippen LogP contribution in [0.25, 0.3) is 0 Å². The van der Waals surface area contributed by atoms with Gasteiger partial charge in [0.05, 0.1) is 16.3 Å². The third-order valence-corrected chi connectivity index (χ3v) is 4.93. The van der Waals surface area contributed by atoms with E-state index in [1.807, 2.05) is 0 Å². The fourth-order valence-electron chi connectivity index (χ4n) is 1.95. The number of carbonyl (C=O) groups is 1. The van der Waals surface area contributed by atoms with Crippen molar-refractivity contribution in [3.8, 4) is 5.75 Å². The van der Waals surface area contributed by atoms with Gasteiger partial charge in [0.1, 0.15) is 11.6 Å². The van der Waals surface area contributed by atoms with E-state index in [0.29, 0.717) is 0 Å². The van der Waals surface area contributed by atoms with Gasteiger partial charge in [-0.15, -0.1) is 0 Å². The fourth-order valence-corrected chi connectivity index (χ4v) is 3.19. The molecule has 0 aromatic heterocycles. The minimum absolute atomic E-state index is 0.0371. The molecular weight excluding hydrogens is 321 g/mol. The van der Waals surface area contributed by atoms with Gasteiger partial charge in [0.25, 0.3) is 0 Å². The lowest BCUT2D eigenvalue weighted by atomic mass is 10.2. The highest BCUT2D eigenvalue weighted by atomic mass is 32.2. The van der Waals surface area contributed by atoms with E-state index in [4.69, 9.17) is 0 Å². The molecule has 0 atom stereocenters. The molecule has 7 heteroatoms. The van der Waals surface area contributed by atoms with Crippen molar-refractivity contribution in [2.24, 2.45) is 0 Å². The number of phenolic OH excluding ortho intramolecular Hbond substituents is 1. The average Bonchev–Trinajstić information content (AvgIpc) is 2.49. The Bertz CT molecular complexity index is 816. The molecule has 0 aliphatic heterocycles. The number of carbonyl (C=O) groups excluding carboxylic acids is 1. The highest BCUT2D eigenvalue weighted by Crippen LogP contribution is 2.24. The molecule has 0 radical (unpaired) electrons. The Hall–Kier alpha value is -2.41. The molecule has 0 aliphatic carbocycles. The first-order chi connectivity index (χ1) is 10.8. The molecule has 0 fully saturated rings. The lowest BCUT2D eigenvalue weighted by Crippen LogP contribution is -2.17. The summed E-state index contributed by atoms with van der Waals surface area (Å²) in [6.07, 6.45) is -0.271. The maximum Gasteiger partial charge on any atom is 0.225 e. The van der Waals surface area contributed by atoms with Crippen molar-refractivity contribution in [2.75, 3.05) is 11.1 Å². The second-order valence-corrected chi connectivity index (χ2v) is 7.20. The van der Waals surface area contributed by atoms with Crippen LogP contribution in [0.5, 0.6) is 5.75 Å². The van der Waals surface area contributed by atoms with Crippen LogP contribution in [0, 0.1) is 12.7 Å². The van der Waals surface area contributed by atoms with Gasteiger partial charge in [0.15, 0.2) is 9.84 Å². The molecule has 2 rings (SSSR count). The molecule has 2 aromatic carbocycles. The van der Waals surface area contributed by atoms with E-state index >= 15 is 0 Å². The molecule has 1 amide bonds. The van der Waals surface area contributed by atoms with E-state index < -0.39 is 27.3 Å². The molecule has 122 valence electrons. The number of hydrogen-bond donors (Lipinski definition) is 2. The Morgan fingerprint density at radius 3 is 2.43 bits per heavy atom. The van der Waals surface area contributed by atoms with Crippen molar-refractivity contribution in [3.63, 3.8) is 0 Å². The number of nitrogens with one attached hydrogen (secondary N) is 1. The summed E-state index contributed by atoms with van der Waals surface area (Å²) in [5.74, 6) is -1.55. The second-order valence-electron chi connectivity index (χ2n) is 5.09. The van der Waals surface area contributed by atoms with Gasteiger partial charge in [-0.25, -0.2) is 12.8 Å². The normalized spacial score (nSPS) is 11.2. The summed E-state index contributed by atoms with van der Waals surface area (Å²) >= 11 is 0. The molecule has 0 saturated heterocycles. The number of sulfone groups is 1. The summed E-state index contributed by atoms with van der Waals surface area (Å²) in [5.41, 5.74) is 1.05. The number of halogens is 1. The Morgan fingerprint density at radius 1 is 1.17 bits per heavy atom. The maximum atomic E-state index is 12.8. The van der Waals surface area contributed by atoms with Crippen molar-refractivity contribution in [3.05, 3.63) is 53.8 Å². The maximum absolute atomic E-state index is 12.8. The number of amides is 1.